The minimum Gasteiger partial charge on any atom is -0.497 e. The lowest BCUT2D eigenvalue weighted by Crippen LogP contribution is -2.18. The number of ether oxygens (including phenoxy) is 2. The zero-order valence-electron chi connectivity index (χ0n) is 18.0. The molecule has 1 amide bonds. The normalized spacial score (nSPS) is 12.0. The maximum absolute atomic E-state index is 12.5. The average molecular weight is 418 g/mol. The Morgan fingerprint density at radius 3 is 2.42 bits per heavy atom. The van der Waals surface area contributed by atoms with E-state index in [2.05, 4.69) is 11.4 Å². The van der Waals surface area contributed by atoms with Gasteiger partial charge in [-0.2, -0.15) is 0 Å². The van der Waals surface area contributed by atoms with Crippen molar-refractivity contribution in [1.82, 2.24) is 4.57 Å². The molecule has 160 valence electrons. The van der Waals surface area contributed by atoms with Gasteiger partial charge in [-0.05, 0) is 42.2 Å². The topological polar surface area (TPSA) is 69.6 Å². The largest absolute Gasteiger partial charge is 0.497 e. The van der Waals surface area contributed by atoms with Crippen LogP contribution in [-0.2, 0) is 22.4 Å². The molecule has 6 heteroatoms. The molecule has 1 aliphatic rings. The molecule has 0 saturated carbocycles. The molecular weight excluding hydrogens is 392 g/mol. The van der Waals surface area contributed by atoms with Gasteiger partial charge in [-0.1, -0.05) is 44.2 Å². The van der Waals surface area contributed by atoms with Gasteiger partial charge < -0.3 is 14.8 Å². The lowest BCUT2D eigenvalue weighted by molar-refractivity contribution is -0.134. The van der Waals surface area contributed by atoms with E-state index in [1.807, 2.05) is 54.0 Å². The number of nitrogens with zero attached hydrogens (tertiary/aromatic N) is 1. The van der Waals surface area contributed by atoms with Gasteiger partial charge in [-0.3, -0.25) is 14.2 Å². The molecule has 4 rings (SSSR count). The molecule has 0 fully saturated rings. The van der Waals surface area contributed by atoms with Crippen LogP contribution in [0, 0.1) is 0 Å². The van der Waals surface area contributed by atoms with Crippen molar-refractivity contribution in [3.8, 4) is 28.3 Å². The first-order valence-corrected chi connectivity index (χ1v) is 10.6. The van der Waals surface area contributed by atoms with E-state index in [-0.39, 0.29) is 18.3 Å². The van der Waals surface area contributed by atoms with Crippen LogP contribution in [-0.4, -0.2) is 23.6 Å². The van der Waals surface area contributed by atoms with Gasteiger partial charge in [-0.25, -0.2) is 0 Å². The summed E-state index contributed by atoms with van der Waals surface area (Å²) in [7, 11) is 1.62. The van der Waals surface area contributed by atoms with Crippen molar-refractivity contribution in [2.45, 2.75) is 39.5 Å². The number of methoxy groups -OCH3 is 1. The lowest BCUT2D eigenvalue weighted by Gasteiger charge is -2.22. The van der Waals surface area contributed by atoms with Crippen LogP contribution >= 0.6 is 0 Å². The van der Waals surface area contributed by atoms with E-state index in [1.165, 1.54) is 5.56 Å². The summed E-state index contributed by atoms with van der Waals surface area (Å²) in [5.41, 5.74) is 4.61. The third-order valence-electron chi connectivity index (χ3n) is 5.55. The van der Waals surface area contributed by atoms with Crippen LogP contribution in [0.5, 0.6) is 11.5 Å². The number of carbonyl (C=O) groups is 2. The molecule has 0 radical (unpaired) electrons. The Morgan fingerprint density at radius 2 is 1.74 bits per heavy atom. The summed E-state index contributed by atoms with van der Waals surface area (Å²) in [4.78, 5) is 24.8. The molecule has 1 N–H and O–H groups in total. The van der Waals surface area contributed by atoms with Crippen LogP contribution in [0.4, 0.5) is 5.82 Å². The Balaban J connectivity index is 2.01. The Kier molecular flexibility index (Phi) is 5.80. The quantitative estimate of drug-likeness (QED) is 0.577. The van der Waals surface area contributed by atoms with Crippen molar-refractivity contribution < 1.29 is 19.1 Å². The van der Waals surface area contributed by atoms with Gasteiger partial charge in [0, 0.05) is 12.8 Å². The standard InChI is InChI=1S/C25H26N2O4/c1-4-21(28)26-25-23(17-10-13-18(30-3)14-11-17)24(31-22(29)5-2)20-15-12-16-8-6-7-9-19(16)27(20)25/h6-11,13-14H,4-5,12,15H2,1-3H3,(H,26,28). The van der Waals surface area contributed by atoms with Crippen molar-refractivity contribution in [2.24, 2.45) is 0 Å². The molecular formula is C25H26N2O4. The number of para-hydroxylation sites is 1. The molecule has 3 aromatic rings. The molecule has 0 unspecified atom stereocenters. The summed E-state index contributed by atoms with van der Waals surface area (Å²) in [5, 5.41) is 3.07. The van der Waals surface area contributed by atoms with Gasteiger partial charge >= 0.3 is 5.97 Å². The third kappa shape index (κ3) is 3.81. The van der Waals surface area contributed by atoms with Crippen LogP contribution in [0.2, 0.25) is 0 Å². The lowest BCUT2D eigenvalue weighted by atomic mass is 10.0. The van der Waals surface area contributed by atoms with E-state index >= 15 is 0 Å². The predicted octanol–water partition coefficient (Wildman–Crippen LogP) is 4.92. The number of esters is 1. The van der Waals surface area contributed by atoms with E-state index in [1.54, 1.807) is 14.0 Å². The first-order valence-electron chi connectivity index (χ1n) is 10.6. The Hall–Kier alpha value is -3.54. The summed E-state index contributed by atoms with van der Waals surface area (Å²) in [6.45, 7) is 3.58. The fraction of sp³-hybridized carbons (Fsp3) is 0.280. The van der Waals surface area contributed by atoms with Gasteiger partial charge in [0.05, 0.1) is 24.1 Å². The Labute approximate surface area is 181 Å². The fourth-order valence-electron chi connectivity index (χ4n) is 3.95. The molecule has 2 aromatic carbocycles. The van der Waals surface area contributed by atoms with E-state index in [0.717, 1.165) is 29.1 Å². The molecule has 0 atom stereocenters. The smallest absolute Gasteiger partial charge is 0.310 e. The fourth-order valence-corrected chi connectivity index (χ4v) is 3.95. The van der Waals surface area contributed by atoms with Crippen LogP contribution < -0.4 is 14.8 Å². The summed E-state index contributed by atoms with van der Waals surface area (Å²) < 4.78 is 13.2. The van der Waals surface area contributed by atoms with Gasteiger partial charge in [0.25, 0.3) is 0 Å². The summed E-state index contributed by atoms with van der Waals surface area (Å²) in [5.74, 6) is 1.45. The third-order valence-corrected chi connectivity index (χ3v) is 5.55. The second kappa shape index (κ2) is 8.68. The number of amides is 1. The second-order valence-electron chi connectivity index (χ2n) is 7.42. The summed E-state index contributed by atoms with van der Waals surface area (Å²) in [6, 6.07) is 15.7. The van der Waals surface area contributed by atoms with Crippen LogP contribution in [0.3, 0.4) is 0 Å². The zero-order chi connectivity index (χ0) is 22.0. The number of carbonyl (C=O) groups excluding carboxylic acids is 2. The van der Waals surface area contributed by atoms with E-state index in [9.17, 15) is 9.59 Å². The number of anilines is 1. The molecule has 0 spiro atoms. The van der Waals surface area contributed by atoms with Crippen molar-refractivity contribution in [3.05, 3.63) is 59.8 Å². The van der Waals surface area contributed by atoms with E-state index in [4.69, 9.17) is 9.47 Å². The highest BCUT2D eigenvalue weighted by molar-refractivity contribution is 5.98. The SMILES string of the molecule is CCC(=O)Nc1c(-c2ccc(OC)cc2)c(OC(=O)CC)c2n1-c1ccccc1CC2. The molecule has 31 heavy (non-hydrogen) atoms. The second-order valence-corrected chi connectivity index (χ2v) is 7.42. The predicted molar refractivity (Wildman–Crippen MR) is 120 cm³/mol. The molecule has 1 aromatic heterocycles. The van der Waals surface area contributed by atoms with Crippen molar-refractivity contribution >= 4 is 17.7 Å². The highest BCUT2D eigenvalue weighted by Gasteiger charge is 2.31. The minimum atomic E-state index is -0.310. The molecule has 6 nitrogen and oxygen atoms in total. The molecule has 0 saturated heterocycles. The number of rotatable bonds is 6. The van der Waals surface area contributed by atoms with Crippen LogP contribution in [0.15, 0.2) is 48.5 Å². The highest BCUT2D eigenvalue weighted by Crippen LogP contribution is 2.47. The molecule has 0 bridgehead atoms. The van der Waals surface area contributed by atoms with Gasteiger partial charge in [0.15, 0.2) is 5.75 Å². The maximum atomic E-state index is 12.5. The van der Waals surface area contributed by atoms with Crippen molar-refractivity contribution in [3.63, 3.8) is 0 Å². The number of benzene rings is 2. The van der Waals surface area contributed by atoms with Gasteiger partial charge in [0.2, 0.25) is 5.91 Å². The Morgan fingerprint density at radius 1 is 1.00 bits per heavy atom. The molecule has 0 aliphatic carbocycles. The number of hydrogen-bond donors (Lipinski definition) is 1. The maximum Gasteiger partial charge on any atom is 0.310 e. The number of fused-ring (bicyclic) bond motifs is 3. The van der Waals surface area contributed by atoms with Crippen molar-refractivity contribution in [2.75, 3.05) is 12.4 Å². The van der Waals surface area contributed by atoms with Gasteiger partial charge in [0.1, 0.15) is 11.6 Å². The zero-order valence-corrected chi connectivity index (χ0v) is 18.0. The molecule has 1 aliphatic heterocycles. The number of aryl methyl sites for hydroxylation is 1. The van der Waals surface area contributed by atoms with Crippen LogP contribution in [0.1, 0.15) is 37.9 Å². The minimum absolute atomic E-state index is 0.105. The first-order chi connectivity index (χ1) is 15.1. The number of aromatic nitrogens is 1. The number of nitrogens with one attached hydrogen (secondary N) is 1. The summed E-state index contributed by atoms with van der Waals surface area (Å²) in [6.07, 6.45) is 2.14. The van der Waals surface area contributed by atoms with Crippen LogP contribution in [0.25, 0.3) is 16.8 Å². The van der Waals surface area contributed by atoms with E-state index in [0.29, 0.717) is 30.0 Å². The van der Waals surface area contributed by atoms with Gasteiger partial charge in [-0.15, -0.1) is 0 Å². The monoisotopic (exact) mass is 418 g/mol. The first kappa shape index (κ1) is 20.7. The summed E-state index contributed by atoms with van der Waals surface area (Å²) >= 11 is 0. The van der Waals surface area contributed by atoms with Crippen molar-refractivity contribution in [1.29, 1.82) is 0 Å². The Bertz CT molecular complexity index is 1130. The highest BCUT2D eigenvalue weighted by atomic mass is 16.5. The molecule has 2 heterocycles. The number of hydrogen-bond acceptors (Lipinski definition) is 4. The average Bonchev–Trinajstić information content (AvgIpc) is 3.11. The van der Waals surface area contributed by atoms with E-state index < -0.39 is 0 Å².